The molecule has 1 aromatic rings. The van der Waals surface area contributed by atoms with E-state index in [1.807, 2.05) is 34.0 Å². The zero-order valence-electron chi connectivity index (χ0n) is 15.5. The number of piperidine rings is 1. The maximum atomic E-state index is 12.7. The number of carboxylic acid groups (broad SMARTS) is 1. The average Bonchev–Trinajstić information content (AvgIpc) is 3.25. The molecule has 2 aliphatic heterocycles. The van der Waals surface area contributed by atoms with Crippen molar-refractivity contribution in [3.63, 3.8) is 0 Å². The first-order chi connectivity index (χ1) is 13.0. The molecule has 2 saturated heterocycles. The maximum Gasteiger partial charge on any atom is 0.326 e. The van der Waals surface area contributed by atoms with Gasteiger partial charge in [-0.05, 0) is 49.7 Å². The number of rotatable bonds is 5. The van der Waals surface area contributed by atoms with Crippen LogP contribution in [0.25, 0.3) is 0 Å². The van der Waals surface area contributed by atoms with Crippen molar-refractivity contribution >= 4 is 17.8 Å². The van der Waals surface area contributed by atoms with E-state index in [4.69, 9.17) is 0 Å². The number of carbonyl (C=O) groups excluding carboxylic acids is 2. The molecule has 146 valence electrons. The smallest absolute Gasteiger partial charge is 0.326 e. The summed E-state index contributed by atoms with van der Waals surface area (Å²) in [6, 6.07) is 3.07. The number of likely N-dealkylation sites (tertiary alicyclic amines) is 2. The summed E-state index contributed by atoms with van der Waals surface area (Å²) in [4.78, 5) is 40.3. The molecular weight excluding hydrogens is 346 g/mol. The van der Waals surface area contributed by atoms with E-state index in [0.29, 0.717) is 39.0 Å². The standard InChI is InChI=1S/C20H27N3O4/c24-17(5-10-21-8-1-2-9-21)23-14-20(13-16(23)19(26)27)6-11-22(12-7-20)18(25)15-3-4-15/h1-2,8-9,15-16H,3-7,10-14H2,(H,26,27)/t16-/m0/s1. The number of aliphatic carboxylic acids is 1. The minimum Gasteiger partial charge on any atom is -0.480 e. The highest BCUT2D eigenvalue weighted by atomic mass is 16.4. The molecule has 0 bridgehead atoms. The van der Waals surface area contributed by atoms with Crippen LogP contribution in [0.2, 0.25) is 0 Å². The van der Waals surface area contributed by atoms with Gasteiger partial charge in [-0.3, -0.25) is 9.59 Å². The van der Waals surface area contributed by atoms with Crippen LogP contribution in [-0.4, -0.2) is 62.9 Å². The molecule has 1 saturated carbocycles. The van der Waals surface area contributed by atoms with Crippen LogP contribution in [0.15, 0.2) is 24.5 Å². The highest BCUT2D eigenvalue weighted by Gasteiger charge is 2.50. The van der Waals surface area contributed by atoms with E-state index in [1.165, 1.54) is 0 Å². The van der Waals surface area contributed by atoms with Gasteiger partial charge in [0.15, 0.2) is 0 Å². The highest BCUT2D eigenvalue weighted by molar-refractivity contribution is 5.84. The number of aryl methyl sites for hydroxylation is 1. The number of amides is 2. The first-order valence-electron chi connectivity index (χ1n) is 9.89. The number of hydrogen-bond acceptors (Lipinski definition) is 3. The van der Waals surface area contributed by atoms with Gasteiger partial charge in [-0.2, -0.15) is 0 Å². The van der Waals surface area contributed by atoms with E-state index in [2.05, 4.69) is 0 Å². The number of carbonyl (C=O) groups is 3. The molecule has 0 aromatic carbocycles. The number of carboxylic acids is 1. The Morgan fingerprint density at radius 1 is 1.07 bits per heavy atom. The van der Waals surface area contributed by atoms with Crippen molar-refractivity contribution in [2.45, 2.75) is 51.1 Å². The monoisotopic (exact) mass is 373 g/mol. The van der Waals surface area contributed by atoms with Gasteiger partial charge < -0.3 is 19.5 Å². The second-order valence-electron chi connectivity index (χ2n) is 8.35. The predicted octanol–water partition coefficient (Wildman–Crippen LogP) is 1.58. The molecular formula is C20H27N3O4. The summed E-state index contributed by atoms with van der Waals surface area (Å²) in [7, 11) is 0. The number of hydrogen-bond donors (Lipinski definition) is 1. The molecule has 1 aromatic heterocycles. The van der Waals surface area contributed by atoms with Crippen LogP contribution in [0.3, 0.4) is 0 Å². The molecule has 7 heteroatoms. The van der Waals surface area contributed by atoms with Crippen LogP contribution >= 0.6 is 0 Å². The molecule has 3 heterocycles. The summed E-state index contributed by atoms with van der Waals surface area (Å²) >= 11 is 0. The molecule has 1 N–H and O–H groups in total. The van der Waals surface area contributed by atoms with Crippen molar-refractivity contribution in [2.24, 2.45) is 11.3 Å². The molecule has 0 radical (unpaired) electrons. The second kappa shape index (κ2) is 7.02. The predicted molar refractivity (Wildman–Crippen MR) is 97.8 cm³/mol. The van der Waals surface area contributed by atoms with Gasteiger partial charge in [0.25, 0.3) is 0 Å². The van der Waals surface area contributed by atoms with E-state index in [9.17, 15) is 19.5 Å². The van der Waals surface area contributed by atoms with Crippen LogP contribution < -0.4 is 0 Å². The Balaban J connectivity index is 1.38. The second-order valence-corrected chi connectivity index (χ2v) is 8.35. The summed E-state index contributed by atoms with van der Waals surface area (Å²) in [6.45, 7) is 2.44. The van der Waals surface area contributed by atoms with Crippen molar-refractivity contribution < 1.29 is 19.5 Å². The van der Waals surface area contributed by atoms with E-state index in [0.717, 1.165) is 25.7 Å². The fourth-order valence-electron chi connectivity index (χ4n) is 4.58. The average molecular weight is 373 g/mol. The van der Waals surface area contributed by atoms with Crippen LogP contribution in [0, 0.1) is 11.3 Å². The number of nitrogens with zero attached hydrogens (tertiary/aromatic N) is 3. The summed E-state index contributed by atoms with van der Waals surface area (Å²) in [5.41, 5.74) is -0.160. The molecule has 4 rings (SSSR count). The van der Waals surface area contributed by atoms with Crippen molar-refractivity contribution in [3.05, 3.63) is 24.5 Å². The maximum absolute atomic E-state index is 12.7. The molecule has 7 nitrogen and oxygen atoms in total. The summed E-state index contributed by atoms with van der Waals surface area (Å²) in [5, 5.41) is 9.66. The Bertz CT molecular complexity index is 718. The van der Waals surface area contributed by atoms with E-state index < -0.39 is 12.0 Å². The third-order valence-electron chi connectivity index (χ3n) is 6.43. The Morgan fingerprint density at radius 2 is 1.74 bits per heavy atom. The molecule has 1 atom stereocenters. The Labute approximate surface area is 158 Å². The lowest BCUT2D eigenvalue weighted by molar-refractivity contribution is -0.148. The summed E-state index contributed by atoms with van der Waals surface area (Å²) in [5.74, 6) is -0.527. The molecule has 3 fully saturated rings. The Morgan fingerprint density at radius 3 is 2.33 bits per heavy atom. The zero-order valence-corrected chi connectivity index (χ0v) is 15.5. The lowest BCUT2D eigenvalue weighted by Crippen LogP contribution is -2.45. The van der Waals surface area contributed by atoms with Gasteiger partial charge in [-0.1, -0.05) is 0 Å². The number of aromatic nitrogens is 1. The molecule has 3 aliphatic rings. The van der Waals surface area contributed by atoms with E-state index in [1.54, 1.807) is 4.90 Å². The first kappa shape index (κ1) is 18.1. The van der Waals surface area contributed by atoms with Gasteiger partial charge in [-0.25, -0.2) is 4.79 Å². The molecule has 1 spiro atoms. The van der Waals surface area contributed by atoms with E-state index >= 15 is 0 Å². The third kappa shape index (κ3) is 3.73. The largest absolute Gasteiger partial charge is 0.480 e. The lowest BCUT2D eigenvalue weighted by atomic mass is 9.76. The summed E-state index contributed by atoms with van der Waals surface area (Å²) in [6.07, 6.45) is 8.20. The molecule has 2 amide bonds. The van der Waals surface area contributed by atoms with Crippen molar-refractivity contribution in [1.29, 1.82) is 0 Å². The topological polar surface area (TPSA) is 82.8 Å². The molecule has 27 heavy (non-hydrogen) atoms. The van der Waals surface area contributed by atoms with Crippen molar-refractivity contribution in [2.75, 3.05) is 19.6 Å². The minimum atomic E-state index is -0.919. The van der Waals surface area contributed by atoms with Gasteiger partial charge in [0.05, 0.1) is 0 Å². The van der Waals surface area contributed by atoms with Crippen LogP contribution in [-0.2, 0) is 20.9 Å². The fraction of sp³-hybridized carbons (Fsp3) is 0.650. The van der Waals surface area contributed by atoms with Gasteiger partial charge in [-0.15, -0.1) is 0 Å². The lowest BCUT2D eigenvalue weighted by Gasteiger charge is -2.39. The van der Waals surface area contributed by atoms with Crippen molar-refractivity contribution in [3.8, 4) is 0 Å². The van der Waals surface area contributed by atoms with Gasteiger partial charge in [0.2, 0.25) is 11.8 Å². The highest BCUT2D eigenvalue weighted by Crippen LogP contribution is 2.44. The Hall–Kier alpha value is -2.31. The van der Waals surface area contributed by atoms with Crippen LogP contribution in [0.4, 0.5) is 0 Å². The quantitative estimate of drug-likeness (QED) is 0.850. The zero-order chi connectivity index (χ0) is 19.0. The first-order valence-corrected chi connectivity index (χ1v) is 9.89. The van der Waals surface area contributed by atoms with Crippen LogP contribution in [0.5, 0.6) is 0 Å². The normalized spacial score (nSPS) is 24.4. The van der Waals surface area contributed by atoms with Gasteiger partial charge in [0.1, 0.15) is 6.04 Å². The van der Waals surface area contributed by atoms with Crippen molar-refractivity contribution in [1.82, 2.24) is 14.4 Å². The molecule has 0 unspecified atom stereocenters. The third-order valence-corrected chi connectivity index (χ3v) is 6.43. The SMILES string of the molecule is O=C(O)[C@@H]1CC2(CCN(C(=O)C3CC3)CC2)CN1C(=O)CCn1cccc1. The van der Waals surface area contributed by atoms with Gasteiger partial charge >= 0.3 is 5.97 Å². The minimum absolute atomic E-state index is 0.0931. The summed E-state index contributed by atoms with van der Waals surface area (Å²) < 4.78 is 1.93. The molecule has 1 aliphatic carbocycles. The Kier molecular flexibility index (Phi) is 4.70. The van der Waals surface area contributed by atoms with Gasteiger partial charge in [0, 0.05) is 50.9 Å². The fourth-order valence-corrected chi connectivity index (χ4v) is 4.58. The van der Waals surface area contributed by atoms with Crippen LogP contribution in [0.1, 0.15) is 38.5 Å². The van der Waals surface area contributed by atoms with E-state index in [-0.39, 0.29) is 23.1 Å².